The van der Waals surface area contributed by atoms with Crippen molar-refractivity contribution in [2.75, 3.05) is 5.32 Å². The molecule has 1 rings (SSSR count). The Hall–Kier alpha value is -0.250. The van der Waals surface area contributed by atoms with Crippen LogP contribution < -0.4 is 5.32 Å². The van der Waals surface area contributed by atoms with Crippen molar-refractivity contribution in [1.29, 1.82) is 0 Å². The number of hydrogen-bond acceptors (Lipinski definition) is 1. The van der Waals surface area contributed by atoms with Crippen molar-refractivity contribution in [2.24, 2.45) is 5.92 Å². The third-order valence-corrected chi connectivity index (χ3v) is 3.09. The quantitative estimate of drug-likeness (QED) is 0.824. The van der Waals surface area contributed by atoms with E-state index in [1.807, 2.05) is 0 Å². The molecule has 0 aliphatic carbocycles. The van der Waals surface area contributed by atoms with Gasteiger partial charge in [-0.05, 0) is 53.1 Å². The summed E-state index contributed by atoms with van der Waals surface area (Å²) in [5.74, 6) is 0.679. The van der Waals surface area contributed by atoms with Crippen LogP contribution in [-0.4, -0.2) is 6.04 Å². The summed E-state index contributed by atoms with van der Waals surface area (Å²) < 4.78 is 1.28. The molecule has 1 atom stereocenters. The standard InChI is InChI=1S/C12H18IN/c1-4-12(9(2)3)14-11-7-5-6-10(13)8-11/h5-9,12,14H,4H2,1-3H3. The fourth-order valence-electron chi connectivity index (χ4n) is 1.53. The van der Waals surface area contributed by atoms with Gasteiger partial charge in [0.15, 0.2) is 0 Å². The van der Waals surface area contributed by atoms with E-state index in [0.717, 1.165) is 0 Å². The summed E-state index contributed by atoms with van der Waals surface area (Å²) in [6.45, 7) is 6.75. The molecule has 0 aliphatic rings. The molecule has 14 heavy (non-hydrogen) atoms. The van der Waals surface area contributed by atoms with Gasteiger partial charge >= 0.3 is 0 Å². The van der Waals surface area contributed by atoms with Crippen LogP contribution >= 0.6 is 22.6 Å². The zero-order chi connectivity index (χ0) is 10.6. The van der Waals surface area contributed by atoms with Gasteiger partial charge in [-0.25, -0.2) is 0 Å². The van der Waals surface area contributed by atoms with E-state index < -0.39 is 0 Å². The topological polar surface area (TPSA) is 12.0 Å². The number of anilines is 1. The first-order chi connectivity index (χ1) is 6.63. The third-order valence-electron chi connectivity index (χ3n) is 2.42. The van der Waals surface area contributed by atoms with E-state index in [1.165, 1.54) is 15.7 Å². The van der Waals surface area contributed by atoms with Crippen molar-refractivity contribution in [3.8, 4) is 0 Å². The lowest BCUT2D eigenvalue weighted by Crippen LogP contribution is -2.24. The second-order valence-corrected chi connectivity index (χ2v) is 5.16. The summed E-state index contributed by atoms with van der Waals surface area (Å²) in [5.41, 5.74) is 1.23. The van der Waals surface area contributed by atoms with Gasteiger partial charge in [0.25, 0.3) is 0 Å². The SMILES string of the molecule is CCC(Nc1cccc(I)c1)C(C)C. The van der Waals surface area contributed by atoms with Crippen LogP contribution in [0.25, 0.3) is 0 Å². The zero-order valence-corrected chi connectivity index (χ0v) is 11.2. The molecule has 0 fully saturated rings. The Morgan fingerprint density at radius 2 is 2.07 bits per heavy atom. The molecule has 0 radical (unpaired) electrons. The van der Waals surface area contributed by atoms with Crippen LogP contribution in [0.4, 0.5) is 5.69 Å². The van der Waals surface area contributed by atoms with Gasteiger partial charge in [0.05, 0.1) is 0 Å². The van der Waals surface area contributed by atoms with Crippen LogP contribution in [0.5, 0.6) is 0 Å². The molecule has 0 bridgehead atoms. The molecule has 78 valence electrons. The Balaban J connectivity index is 2.67. The predicted octanol–water partition coefficient (Wildman–Crippen LogP) is 4.14. The highest BCUT2D eigenvalue weighted by atomic mass is 127. The molecule has 0 saturated carbocycles. The maximum Gasteiger partial charge on any atom is 0.0353 e. The third kappa shape index (κ3) is 3.48. The minimum atomic E-state index is 0.577. The lowest BCUT2D eigenvalue weighted by molar-refractivity contribution is 0.511. The summed E-state index contributed by atoms with van der Waals surface area (Å²) in [6, 6.07) is 9.10. The van der Waals surface area contributed by atoms with Crippen LogP contribution in [0.15, 0.2) is 24.3 Å². The molecule has 0 aliphatic heterocycles. The summed E-state index contributed by atoms with van der Waals surface area (Å²) in [6.07, 6.45) is 1.17. The van der Waals surface area contributed by atoms with Gasteiger partial charge in [-0.15, -0.1) is 0 Å². The lowest BCUT2D eigenvalue weighted by atomic mass is 10.0. The van der Waals surface area contributed by atoms with Crippen molar-refractivity contribution in [2.45, 2.75) is 33.2 Å². The molecule has 0 saturated heterocycles. The van der Waals surface area contributed by atoms with E-state index in [2.05, 4.69) is 72.9 Å². The van der Waals surface area contributed by atoms with E-state index in [-0.39, 0.29) is 0 Å². The number of rotatable bonds is 4. The molecule has 0 spiro atoms. The van der Waals surface area contributed by atoms with E-state index in [4.69, 9.17) is 0 Å². The number of benzene rings is 1. The molecule has 0 amide bonds. The maximum absolute atomic E-state index is 3.56. The van der Waals surface area contributed by atoms with E-state index in [9.17, 15) is 0 Å². The maximum atomic E-state index is 3.56. The molecule has 2 heteroatoms. The van der Waals surface area contributed by atoms with Crippen LogP contribution in [0.1, 0.15) is 27.2 Å². The lowest BCUT2D eigenvalue weighted by Gasteiger charge is -2.22. The average Bonchev–Trinajstić information content (AvgIpc) is 2.14. The zero-order valence-electron chi connectivity index (χ0n) is 9.05. The second kappa shape index (κ2) is 5.59. The van der Waals surface area contributed by atoms with Gasteiger partial charge in [-0.2, -0.15) is 0 Å². The first kappa shape index (κ1) is 11.8. The number of halogens is 1. The summed E-state index contributed by atoms with van der Waals surface area (Å²) in [7, 11) is 0. The largest absolute Gasteiger partial charge is 0.382 e. The number of hydrogen-bond donors (Lipinski definition) is 1. The van der Waals surface area contributed by atoms with Gasteiger partial charge in [0.2, 0.25) is 0 Å². The van der Waals surface area contributed by atoms with Gasteiger partial charge in [-0.1, -0.05) is 26.8 Å². The minimum absolute atomic E-state index is 0.577. The predicted molar refractivity (Wildman–Crippen MR) is 71.7 cm³/mol. The summed E-state index contributed by atoms with van der Waals surface area (Å²) in [4.78, 5) is 0. The van der Waals surface area contributed by atoms with Crippen molar-refractivity contribution < 1.29 is 0 Å². The molecular weight excluding hydrogens is 285 g/mol. The highest BCUT2D eigenvalue weighted by Crippen LogP contribution is 2.17. The normalized spacial score (nSPS) is 12.9. The molecule has 0 heterocycles. The first-order valence-corrected chi connectivity index (χ1v) is 6.23. The van der Waals surface area contributed by atoms with Crippen molar-refractivity contribution in [3.05, 3.63) is 27.8 Å². The fourth-order valence-corrected chi connectivity index (χ4v) is 2.08. The van der Waals surface area contributed by atoms with Crippen LogP contribution in [0.2, 0.25) is 0 Å². The molecule has 1 aromatic carbocycles. The summed E-state index contributed by atoms with van der Waals surface area (Å²) in [5, 5.41) is 3.56. The molecular formula is C12H18IN. The Morgan fingerprint density at radius 1 is 1.36 bits per heavy atom. The van der Waals surface area contributed by atoms with E-state index in [0.29, 0.717) is 12.0 Å². The molecule has 0 aromatic heterocycles. The molecule has 1 unspecified atom stereocenters. The number of nitrogens with one attached hydrogen (secondary N) is 1. The smallest absolute Gasteiger partial charge is 0.0353 e. The van der Waals surface area contributed by atoms with Gasteiger partial charge in [-0.3, -0.25) is 0 Å². The van der Waals surface area contributed by atoms with Gasteiger partial charge in [0, 0.05) is 15.3 Å². The van der Waals surface area contributed by atoms with Crippen LogP contribution in [0.3, 0.4) is 0 Å². The monoisotopic (exact) mass is 303 g/mol. The molecule has 1 N–H and O–H groups in total. The van der Waals surface area contributed by atoms with Gasteiger partial charge in [0.1, 0.15) is 0 Å². The Labute approximate surface area is 100 Å². The van der Waals surface area contributed by atoms with E-state index >= 15 is 0 Å². The average molecular weight is 303 g/mol. The van der Waals surface area contributed by atoms with Crippen LogP contribution in [-0.2, 0) is 0 Å². The molecule has 1 nitrogen and oxygen atoms in total. The minimum Gasteiger partial charge on any atom is -0.382 e. The summed E-state index contributed by atoms with van der Waals surface area (Å²) >= 11 is 2.34. The Morgan fingerprint density at radius 3 is 2.57 bits per heavy atom. The van der Waals surface area contributed by atoms with Crippen molar-refractivity contribution in [3.63, 3.8) is 0 Å². The second-order valence-electron chi connectivity index (χ2n) is 3.91. The van der Waals surface area contributed by atoms with Crippen molar-refractivity contribution in [1.82, 2.24) is 0 Å². The van der Waals surface area contributed by atoms with E-state index in [1.54, 1.807) is 0 Å². The molecule has 1 aromatic rings. The first-order valence-electron chi connectivity index (χ1n) is 5.15. The fraction of sp³-hybridized carbons (Fsp3) is 0.500. The van der Waals surface area contributed by atoms with Crippen LogP contribution in [0, 0.1) is 9.49 Å². The van der Waals surface area contributed by atoms with Gasteiger partial charge < -0.3 is 5.32 Å². The highest BCUT2D eigenvalue weighted by Gasteiger charge is 2.09. The highest BCUT2D eigenvalue weighted by molar-refractivity contribution is 14.1. The van der Waals surface area contributed by atoms with Crippen molar-refractivity contribution >= 4 is 28.3 Å². The Kier molecular flexibility index (Phi) is 4.72. The Bertz CT molecular complexity index is 283.